The molecule has 3 amide bonds. The quantitative estimate of drug-likeness (QED) is 0.300. The van der Waals surface area contributed by atoms with Gasteiger partial charge in [0.1, 0.15) is 17.6 Å². The Balaban J connectivity index is 0.00000461. The van der Waals surface area contributed by atoms with E-state index in [1.165, 1.54) is 20.9 Å². The van der Waals surface area contributed by atoms with Crippen LogP contribution in [0.4, 0.5) is 10.6 Å². The highest BCUT2D eigenvalue weighted by Gasteiger charge is 2.31. The molecule has 2 aliphatic rings. The molecule has 1 aliphatic heterocycles. The number of carboxylic acids is 1. The standard InChI is InChI=1S/C32H36N6O6.ClH/c1-2-44-32(43)38-18-16-37(17-19-38)31(42)25(14-15-28(39)40)35-30(41)26-20-27(36-29(34-26)22-9-4-3-5-10-22)33-24-13-12-21-8-6-7-11-23(21)24;/h3-11,20,24-25H,2,12-19H2,1H3,(H,35,41)(H,39,40)(H,33,34,36);1H. The Morgan fingerprint density at radius 2 is 1.67 bits per heavy atom. The molecule has 2 aromatic carbocycles. The monoisotopic (exact) mass is 636 g/mol. The molecule has 12 nitrogen and oxygen atoms in total. The van der Waals surface area contributed by atoms with Crippen molar-refractivity contribution in [3.8, 4) is 11.4 Å². The number of aryl methyl sites for hydroxylation is 1. The lowest BCUT2D eigenvalue weighted by Gasteiger charge is -2.35. The van der Waals surface area contributed by atoms with E-state index in [2.05, 4.69) is 27.8 Å². The predicted molar refractivity (Wildman–Crippen MR) is 169 cm³/mol. The number of halogens is 1. The summed E-state index contributed by atoms with van der Waals surface area (Å²) in [5, 5.41) is 15.5. The zero-order valence-corrected chi connectivity index (χ0v) is 25.8. The Morgan fingerprint density at radius 3 is 2.38 bits per heavy atom. The van der Waals surface area contributed by atoms with Gasteiger partial charge < -0.3 is 30.3 Å². The van der Waals surface area contributed by atoms with E-state index in [0.29, 0.717) is 11.6 Å². The van der Waals surface area contributed by atoms with Crippen molar-refractivity contribution in [1.82, 2.24) is 25.1 Å². The van der Waals surface area contributed by atoms with Crippen LogP contribution in [0.2, 0.25) is 0 Å². The second kappa shape index (κ2) is 15.3. The number of nitrogens with zero attached hydrogens (tertiary/aromatic N) is 4. The maximum atomic E-state index is 13.7. The molecule has 13 heteroatoms. The molecule has 3 N–H and O–H groups in total. The van der Waals surface area contributed by atoms with E-state index in [4.69, 9.17) is 9.72 Å². The molecule has 0 spiro atoms. The zero-order chi connectivity index (χ0) is 31.1. The Bertz CT molecular complexity index is 1510. The largest absolute Gasteiger partial charge is 0.481 e. The number of rotatable bonds is 10. The van der Waals surface area contributed by atoms with Gasteiger partial charge >= 0.3 is 12.1 Å². The van der Waals surface area contributed by atoms with Crippen LogP contribution in [0.25, 0.3) is 11.4 Å². The number of aromatic nitrogens is 2. The van der Waals surface area contributed by atoms with E-state index in [1.54, 1.807) is 13.0 Å². The number of hydrogen-bond donors (Lipinski definition) is 3. The highest BCUT2D eigenvalue weighted by molar-refractivity contribution is 5.97. The summed E-state index contributed by atoms with van der Waals surface area (Å²) in [6.07, 6.45) is 0.948. The minimum Gasteiger partial charge on any atom is -0.481 e. The Kier molecular flexibility index (Phi) is 11.3. The summed E-state index contributed by atoms with van der Waals surface area (Å²) in [5.74, 6) is -1.31. The SMILES string of the molecule is CCOC(=O)N1CCN(C(=O)C(CCC(=O)O)NC(=O)c2cc(NC3CCc4ccccc43)nc(-c3ccccc3)n2)CC1.Cl. The van der Waals surface area contributed by atoms with E-state index in [-0.39, 0.29) is 69.8 Å². The molecule has 0 saturated carbocycles. The van der Waals surface area contributed by atoms with E-state index < -0.39 is 29.9 Å². The number of aliphatic carboxylic acids is 1. The number of amides is 3. The van der Waals surface area contributed by atoms with Gasteiger partial charge in [0, 0.05) is 44.2 Å². The van der Waals surface area contributed by atoms with Gasteiger partial charge in [0.15, 0.2) is 5.82 Å². The molecule has 0 bridgehead atoms. The van der Waals surface area contributed by atoms with Crippen LogP contribution in [0.3, 0.4) is 0 Å². The van der Waals surface area contributed by atoms with Crippen LogP contribution in [0, 0.1) is 0 Å². The normalized spacial score (nSPS) is 16.2. The highest BCUT2D eigenvalue weighted by Crippen LogP contribution is 2.33. The summed E-state index contributed by atoms with van der Waals surface area (Å²) < 4.78 is 5.05. The molecule has 0 radical (unpaired) electrons. The molecular weight excluding hydrogens is 600 g/mol. The van der Waals surface area contributed by atoms with Gasteiger partial charge in [0.05, 0.1) is 12.6 Å². The van der Waals surface area contributed by atoms with E-state index in [0.717, 1.165) is 18.4 Å². The van der Waals surface area contributed by atoms with E-state index in [1.807, 2.05) is 42.5 Å². The minimum atomic E-state index is -1.10. The van der Waals surface area contributed by atoms with E-state index >= 15 is 0 Å². The fourth-order valence-electron chi connectivity index (χ4n) is 5.54. The summed E-state index contributed by atoms with van der Waals surface area (Å²) >= 11 is 0. The molecule has 1 saturated heterocycles. The van der Waals surface area contributed by atoms with Gasteiger partial charge in [-0.1, -0.05) is 54.6 Å². The first-order valence-corrected chi connectivity index (χ1v) is 14.8. The third-order valence-corrected chi connectivity index (χ3v) is 7.81. The number of benzene rings is 2. The number of piperazine rings is 1. The average Bonchev–Trinajstić information content (AvgIpc) is 3.45. The van der Waals surface area contributed by atoms with Crippen molar-refractivity contribution in [2.45, 2.75) is 44.7 Å². The summed E-state index contributed by atoms with van der Waals surface area (Å²) in [6, 6.07) is 18.0. The number of carbonyl (C=O) groups is 4. The lowest BCUT2D eigenvalue weighted by atomic mass is 10.1. The molecule has 3 aromatic rings. The van der Waals surface area contributed by atoms with Crippen LogP contribution < -0.4 is 10.6 Å². The molecule has 238 valence electrons. The second-order valence-corrected chi connectivity index (χ2v) is 10.7. The lowest BCUT2D eigenvalue weighted by Crippen LogP contribution is -2.56. The van der Waals surface area contributed by atoms with Crippen LogP contribution in [0.1, 0.15) is 53.8 Å². The van der Waals surface area contributed by atoms with Crippen molar-refractivity contribution in [3.63, 3.8) is 0 Å². The Morgan fingerprint density at radius 1 is 0.978 bits per heavy atom. The van der Waals surface area contributed by atoms with Gasteiger partial charge in [0.25, 0.3) is 5.91 Å². The first-order valence-electron chi connectivity index (χ1n) is 14.8. The maximum absolute atomic E-state index is 13.7. The van der Waals surface area contributed by atoms with Crippen molar-refractivity contribution >= 4 is 42.1 Å². The second-order valence-electron chi connectivity index (χ2n) is 10.7. The Labute approximate surface area is 267 Å². The Hall–Kier alpha value is -4.71. The molecule has 1 fully saturated rings. The smallest absolute Gasteiger partial charge is 0.409 e. The van der Waals surface area contributed by atoms with Crippen LogP contribution in [-0.2, 0) is 20.7 Å². The summed E-state index contributed by atoms with van der Waals surface area (Å²) in [6.45, 7) is 2.99. The molecule has 45 heavy (non-hydrogen) atoms. The van der Waals surface area contributed by atoms with Gasteiger partial charge in [0.2, 0.25) is 5.91 Å². The van der Waals surface area contributed by atoms with Crippen LogP contribution in [0.5, 0.6) is 0 Å². The van der Waals surface area contributed by atoms with Crippen LogP contribution in [-0.4, -0.2) is 87.6 Å². The van der Waals surface area contributed by atoms with Gasteiger partial charge in [-0.25, -0.2) is 14.8 Å². The molecular formula is C32H37ClN6O6. The topological polar surface area (TPSA) is 154 Å². The van der Waals surface area contributed by atoms with Gasteiger partial charge in [-0.05, 0) is 37.3 Å². The van der Waals surface area contributed by atoms with Crippen molar-refractivity contribution in [2.24, 2.45) is 0 Å². The third-order valence-electron chi connectivity index (χ3n) is 7.81. The number of anilines is 1. The highest BCUT2D eigenvalue weighted by atomic mass is 35.5. The molecule has 1 aliphatic carbocycles. The number of fused-ring (bicyclic) bond motifs is 1. The van der Waals surface area contributed by atoms with Crippen LogP contribution in [0.15, 0.2) is 60.7 Å². The maximum Gasteiger partial charge on any atom is 0.409 e. The number of ether oxygens (including phenoxy) is 1. The van der Waals surface area contributed by atoms with Gasteiger partial charge in [-0.2, -0.15) is 0 Å². The fraction of sp³-hybridized carbons (Fsp3) is 0.375. The summed E-state index contributed by atoms with van der Waals surface area (Å²) in [4.78, 5) is 62.9. The number of carbonyl (C=O) groups excluding carboxylic acids is 3. The first kappa shape index (κ1) is 33.2. The van der Waals surface area contributed by atoms with Crippen LogP contribution >= 0.6 is 12.4 Å². The number of hydrogen-bond acceptors (Lipinski definition) is 8. The summed E-state index contributed by atoms with van der Waals surface area (Å²) in [5.41, 5.74) is 3.21. The molecule has 5 rings (SSSR count). The number of carboxylic acid groups (broad SMARTS) is 1. The molecule has 1 aromatic heterocycles. The number of nitrogens with one attached hydrogen (secondary N) is 2. The van der Waals surface area contributed by atoms with Crippen molar-refractivity contribution in [1.29, 1.82) is 0 Å². The first-order chi connectivity index (χ1) is 21.3. The minimum absolute atomic E-state index is 0. The van der Waals surface area contributed by atoms with Crippen molar-refractivity contribution in [3.05, 3.63) is 77.5 Å². The average molecular weight is 637 g/mol. The zero-order valence-electron chi connectivity index (χ0n) is 25.0. The molecule has 2 atom stereocenters. The van der Waals surface area contributed by atoms with Gasteiger partial charge in [-0.15, -0.1) is 12.4 Å². The third kappa shape index (κ3) is 8.27. The fourth-order valence-corrected chi connectivity index (χ4v) is 5.54. The van der Waals surface area contributed by atoms with E-state index in [9.17, 15) is 24.3 Å². The lowest BCUT2D eigenvalue weighted by molar-refractivity contribution is -0.138. The predicted octanol–water partition coefficient (Wildman–Crippen LogP) is 3.93. The van der Waals surface area contributed by atoms with Crippen molar-refractivity contribution < 1.29 is 29.0 Å². The summed E-state index contributed by atoms with van der Waals surface area (Å²) in [7, 11) is 0. The van der Waals surface area contributed by atoms with Gasteiger partial charge in [-0.3, -0.25) is 14.4 Å². The van der Waals surface area contributed by atoms with Crippen molar-refractivity contribution in [2.75, 3.05) is 38.1 Å². The molecule has 2 heterocycles. The molecule has 2 unspecified atom stereocenters.